The molecule has 0 radical (unpaired) electrons. The number of amides is 3. The highest BCUT2D eigenvalue weighted by Gasteiger charge is 2.22. The Kier molecular flexibility index (Phi) is 6.87. The molecule has 27 heavy (non-hydrogen) atoms. The lowest BCUT2D eigenvalue weighted by atomic mass is 10.2. The van der Waals surface area contributed by atoms with Gasteiger partial charge in [-0.25, -0.2) is 9.78 Å². The van der Waals surface area contributed by atoms with Crippen molar-refractivity contribution in [2.45, 2.75) is 20.5 Å². The number of nitrogens with two attached hydrogens (primary N) is 1. The van der Waals surface area contributed by atoms with Gasteiger partial charge in [-0.15, -0.1) is 0 Å². The lowest BCUT2D eigenvalue weighted by Crippen LogP contribution is -2.43. The second kappa shape index (κ2) is 9.33. The predicted molar refractivity (Wildman–Crippen MR) is 99.9 cm³/mol. The third kappa shape index (κ3) is 6.43. The highest BCUT2D eigenvalue weighted by Crippen LogP contribution is 2.16. The van der Waals surface area contributed by atoms with Gasteiger partial charge in [-0.2, -0.15) is 0 Å². The second-order valence-electron chi connectivity index (χ2n) is 6.01. The van der Waals surface area contributed by atoms with Gasteiger partial charge in [0.15, 0.2) is 0 Å². The number of hydrogen-bond donors (Lipinski definition) is 2. The van der Waals surface area contributed by atoms with Gasteiger partial charge < -0.3 is 15.8 Å². The van der Waals surface area contributed by atoms with E-state index in [1.807, 2.05) is 43.3 Å². The standard InChI is InChI=1S/C19H22N4O4/c1-13-8-14(2)22-17(9-13)23(11-18(25)21-10-16(20)24)19(26)27-12-15-6-4-3-5-7-15/h3-9H,10-12H2,1-2H3,(H2,20,24)(H,21,25). The first-order valence-corrected chi connectivity index (χ1v) is 8.33. The molecule has 0 aliphatic carbocycles. The monoisotopic (exact) mass is 370 g/mol. The highest BCUT2D eigenvalue weighted by atomic mass is 16.6. The van der Waals surface area contributed by atoms with Crippen molar-refractivity contribution in [1.82, 2.24) is 10.3 Å². The van der Waals surface area contributed by atoms with Crippen LogP contribution >= 0.6 is 0 Å². The van der Waals surface area contributed by atoms with Crippen LogP contribution in [0.25, 0.3) is 0 Å². The van der Waals surface area contributed by atoms with Crippen LogP contribution in [0.15, 0.2) is 42.5 Å². The van der Waals surface area contributed by atoms with E-state index in [0.29, 0.717) is 11.5 Å². The summed E-state index contributed by atoms with van der Waals surface area (Å²) in [5.41, 5.74) is 7.42. The van der Waals surface area contributed by atoms with Crippen LogP contribution in [0.3, 0.4) is 0 Å². The molecule has 0 unspecified atom stereocenters. The summed E-state index contributed by atoms with van der Waals surface area (Å²) in [7, 11) is 0. The number of rotatable bonds is 7. The summed E-state index contributed by atoms with van der Waals surface area (Å²) in [6.07, 6.45) is -0.717. The van der Waals surface area contributed by atoms with Crippen LogP contribution in [-0.2, 0) is 20.9 Å². The molecule has 3 amide bonds. The molecule has 2 rings (SSSR count). The summed E-state index contributed by atoms with van der Waals surface area (Å²) in [5.74, 6) is -0.933. The molecule has 142 valence electrons. The van der Waals surface area contributed by atoms with Gasteiger partial charge in [-0.1, -0.05) is 30.3 Å². The van der Waals surface area contributed by atoms with Gasteiger partial charge in [0.25, 0.3) is 0 Å². The van der Waals surface area contributed by atoms with Crippen molar-refractivity contribution < 1.29 is 19.1 Å². The summed E-state index contributed by atoms with van der Waals surface area (Å²) in [6, 6.07) is 12.7. The van der Waals surface area contributed by atoms with Gasteiger partial charge in [-0.05, 0) is 37.1 Å². The maximum Gasteiger partial charge on any atom is 0.416 e. The van der Waals surface area contributed by atoms with Crippen molar-refractivity contribution >= 4 is 23.7 Å². The summed E-state index contributed by atoms with van der Waals surface area (Å²) < 4.78 is 5.33. The van der Waals surface area contributed by atoms with E-state index in [1.54, 1.807) is 13.0 Å². The molecule has 1 aromatic heterocycles. The minimum absolute atomic E-state index is 0.0594. The minimum atomic E-state index is -0.717. The number of carbonyl (C=O) groups is 3. The van der Waals surface area contributed by atoms with Crippen molar-refractivity contribution in [3.05, 3.63) is 59.3 Å². The van der Waals surface area contributed by atoms with Crippen molar-refractivity contribution in [3.63, 3.8) is 0 Å². The van der Waals surface area contributed by atoms with Crippen LogP contribution in [-0.4, -0.2) is 36.0 Å². The Hall–Kier alpha value is -3.42. The Morgan fingerprint density at radius 2 is 1.85 bits per heavy atom. The van der Waals surface area contributed by atoms with Crippen molar-refractivity contribution in [2.75, 3.05) is 18.0 Å². The van der Waals surface area contributed by atoms with E-state index in [4.69, 9.17) is 10.5 Å². The van der Waals surface area contributed by atoms with E-state index in [1.165, 1.54) is 0 Å². The fourth-order valence-electron chi connectivity index (χ4n) is 2.38. The first-order chi connectivity index (χ1) is 12.8. The van der Waals surface area contributed by atoms with Crippen molar-refractivity contribution in [1.29, 1.82) is 0 Å². The molecule has 2 aromatic rings. The zero-order chi connectivity index (χ0) is 19.8. The molecule has 0 atom stereocenters. The van der Waals surface area contributed by atoms with E-state index in [0.717, 1.165) is 16.0 Å². The summed E-state index contributed by atoms with van der Waals surface area (Å²) >= 11 is 0. The number of hydrogen-bond acceptors (Lipinski definition) is 5. The minimum Gasteiger partial charge on any atom is -0.444 e. The van der Waals surface area contributed by atoms with E-state index >= 15 is 0 Å². The number of nitrogens with zero attached hydrogens (tertiary/aromatic N) is 2. The molecular weight excluding hydrogens is 348 g/mol. The third-order valence-corrected chi connectivity index (χ3v) is 3.55. The molecule has 0 aliphatic heterocycles. The Balaban J connectivity index is 2.16. The number of nitrogens with one attached hydrogen (secondary N) is 1. The normalized spacial score (nSPS) is 10.1. The lowest BCUT2D eigenvalue weighted by Gasteiger charge is -2.21. The van der Waals surface area contributed by atoms with Gasteiger partial charge >= 0.3 is 6.09 Å². The fraction of sp³-hybridized carbons (Fsp3) is 0.263. The SMILES string of the molecule is Cc1cc(C)nc(N(CC(=O)NCC(N)=O)C(=O)OCc2ccccc2)c1. The van der Waals surface area contributed by atoms with Gasteiger partial charge in [0, 0.05) is 5.69 Å². The maximum atomic E-state index is 12.6. The number of aromatic nitrogens is 1. The van der Waals surface area contributed by atoms with E-state index in [9.17, 15) is 14.4 Å². The van der Waals surface area contributed by atoms with E-state index in [-0.39, 0.29) is 19.7 Å². The number of ether oxygens (including phenoxy) is 1. The molecule has 8 heteroatoms. The first kappa shape index (κ1) is 19.9. The third-order valence-electron chi connectivity index (χ3n) is 3.55. The Labute approximate surface area is 157 Å². The van der Waals surface area contributed by atoms with E-state index < -0.39 is 17.9 Å². The van der Waals surface area contributed by atoms with Crippen molar-refractivity contribution in [2.24, 2.45) is 5.73 Å². The Bertz CT molecular complexity index is 803. The highest BCUT2D eigenvalue weighted by molar-refractivity contribution is 5.95. The first-order valence-electron chi connectivity index (χ1n) is 8.33. The zero-order valence-corrected chi connectivity index (χ0v) is 15.3. The Morgan fingerprint density at radius 1 is 1.15 bits per heavy atom. The quantitative estimate of drug-likeness (QED) is 0.765. The molecule has 1 aromatic carbocycles. The molecule has 0 bridgehead atoms. The summed E-state index contributed by atoms with van der Waals surface area (Å²) in [6.45, 7) is 3.04. The van der Waals surface area contributed by atoms with Crippen molar-refractivity contribution in [3.8, 4) is 0 Å². The molecule has 1 heterocycles. The zero-order valence-electron chi connectivity index (χ0n) is 15.3. The van der Waals surface area contributed by atoms with Crippen LogP contribution in [0.1, 0.15) is 16.8 Å². The largest absolute Gasteiger partial charge is 0.444 e. The van der Waals surface area contributed by atoms with Crippen LogP contribution in [0.2, 0.25) is 0 Å². The van der Waals surface area contributed by atoms with Gasteiger partial charge in [0.1, 0.15) is 19.0 Å². The number of carbonyl (C=O) groups excluding carboxylic acids is 3. The fourth-order valence-corrected chi connectivity index (χ4v) is 2.38. The smallest absolute Gasteiger partial charge is 0.416 e. The van der Waals surface area contributed by atoms with Crippen LogP contribution in [0.4, 0.5) is 10.6 Å². The van der Waals surface area contributed by atoms with Gasteiger partial charge in [0.05, 0.1) is 6.54 Å². The maximum absolute atomic E-state index is 12.6. The molecular formula is C19H22N4O4. The van der Waals surface area contributed by atoms with Gasteiger partial charge in [0.2, 0.25) is 11.8 Å². The molecule has 3 N–H and O–H groups in total. The van der Waals surface area contributed by atoms with Gasteiger partial charge in [-0.3, -0.25) is 14.5 Å². The molecule has 0 aliphatic rings. The number of primary amides is 1. The average Bonchev–Trinajstić information content (AvgIpc) is 2.62. The van der Waals surface area contributed by atoms with Crippen LogP contribution < -0.4 is 16.0 Å². The van der Waals surface area contributed by atoms with Crippen LogP contribution in [0.5, 0.6) is 0 Å². The molecule has 0 spiro atoms. The number of aryl methyl sites for hydroxylation is 2. The molecule has 8 nitrogen and oxygen atoms in total. The van der Waals surface area contributed by atoms with E-state index in [2.05, 4.69) is 10.3 Å². The summed E-state index contributed by atoms with van der Waals surface area (Å²) in [4.78, 5) is 41.0. The topological polar surface area (TPSA) is 115 Å². The average molecular weight is 370 g/mol. The summed E-state index contributed by atoms with van der Waals surface area (Å²) in [5, 5.41) is 2.35. The number of pyridine rings is 1. The van der Waals surface area contributed by atoms with Crippen LogP contribution in [0, 0.1) is 13.8 Å². The number of anilines is 1. The molecule has 0 fully saturated rings. The lowest BCUT2D eigenvalue weighted by molar-refractivity contribution is -0.123. The number of benzene rings is 1. The Morgan fingerprint density at radius 3 is 2.48 bits per heavy atom. The molecule has 0 saturated carbocycles. The predicted octanol–water partition coefficient (Wildman–Crippen LogP) is 1.44. The second-order valence-corrected chi connectivity index (χ2v) is 6.01. The molecule has 0 saturated heterocycles.